The summed E-state index contributed by atoms with van der Waals surface area (Å²) in [7, 11) is 0. The highest BCUT2D eigenvalue weighted by Gasteiger charge is 2.23. The number of hydrogen-bond donors (Lipinski definition) is 1. The summed E-state index contributed by atoms with van der Waals surface area (Å²) < 4.78 is 1.49. The van der Waals surface area contributed by atoms with Crippen LogP contribution in [-0.4, -0.2) is 25.8 Å². The molecule has 4 rings (SSSR count). The third kappa shape index (κ3) is 3.57. The first-order chi connectivity index (χ1) is 12.6. The zero-order chi connectivity index (χ0) is 18.7. The van der Waals surface area contributed by atoms with Crippen LogP contribution in [0.5, 0.6) is 0 Å². The number of fused-ring (bicyclic) bond motifs is 1. The van der Waals surface area contributed by atoms with Crippen molar-refractivity contribution in [3.05, 3.63) is 59.0 Å². The highest BCUT2D eigenvalue weighted by Crippen LogP contribution is 2.40. The van der Waals surface area contributed by atoms with Crippen molar-refractivity contribution in [3.8, 4) is 6.07 Å². The lowest BCUT2D eigenvalue weighted by Gasteiger charge is -2.05. The molecule has 0 saturated heterocycles. The average molecular weight is 348 g/mol. The number of rotatable bonds is 4. The first-order valence-electron chi connectivity index (χ1n) is 8.73. The van der Waals surface area contributed by atoms with E-state index in [-0.39, 0.29) is 11.3 Å². The molecule has 6 heteroatoms. The Morgan fingerprint density at radius 3 is 2.73 bits per heavy atom. The van der Waals surface area contributed by atoms with Crippen LogP contribution in [-0.2, 0) is 6.54 Å². The van der Waals surface area contributed by atoms with Crippen LogP contribution in [0.4, 0.5) is 0 Å². The molecule has 132 valence electrons. The summed E-state index contributed by atoms with van der Waals surface area (Å²) in [5.41, 5.74) is 3.06. The molecule has 2 aromatic heterocycles. The number of hydrogen-bond acceptors (Lipinski definition) is 4. The van der Waals surface area contributed by atoms with E-state index in [9.17, 15) is 4.79 Å². The van der Waals surface area contributed by atoms with E-state index in [1.807, 2.05) is 44.3 Å². The number of benzene rings is 1. The normalized spacial score (nSPS) is 13.0. The smallest absolute Gasteiger partial charge is 0.340 e. The minimum Gasteiger partial charge on any atom is -0.478 e. The predicted octanol–water partition coefficient (Wildman–Crippen LogP) is 3.95. The highest BCUT2D eigenvalue weighted by molar-refractivity contribution is 5.89. The Morgan fingerprint density at radius 2 is 2.12 bits per heavy atom. The van der Waals surface area contributed by atoms with E-state index in [0.717, 1.165) is 16.5 Å². The van der Waals surface area contributed by atoms with E-state index in [1.54, 1.807) is 0 Å². The van der Waals surface area contributed by atoms with Crippen LogP contribution in [0.15, 0.2) is 36.7 Å². The van der Waals surface area contributed by atoms with E-state index in [1.165, 1.54) is 29.3 Å². The maximum Gasteiger partial charge on any atom is 0.340 e. The number of carboxylic acids is 1. The number of aromatic carboxylic acids is 1. The zero-order valence-electron chi connectivity index (χ0n) is 14.8. The van der Waals surface area contributed by atoms with Gasteiger partial charge in [0, 0.05) is 17.8 Å². The molecule has 0 spiro atoms. The lowest BCUT2D eigenvalue weighted by atomic mass is 10.1. The number of aromatic nitrogens is 3. The third-order valence-corrected chi connectivity index (χ3v) is 4.26. The standard InChI is InChI=1S/C18H14N4O2.C2H6/c19-7-17-15(18(23)24)10-22(21-17)9-11-1-4-16-13(5-11)6-14(8-20-16)12-2-3-12;1-2/h1,4-6,8,10,12H,2-3,9H2,(H,23,24);1-2H3. The van der Waals surface area contributed by atoms with Gasteiger partial charge in [-0.1, -0.05) is 19.9 Å². The molecule has 1 aliphatic carbocycles. The Bertz CT molecular complexity index is 997. The minimum absolute atomic E-state index is 0.0685. The van der Waals surface area contributed by atoms with Crippen LogP contribution in [0.2, 0.25) is 0 Å². The topological polar surface area (TPSA) is 91.8 Å². The lowest BCUT2D eigenvalue weighted by Crippen LogP contribution is -2.01. The van der Waals surface area contributed by atoms with Crippen LogP contribution < -0.4 is 0 Å². The van der Waals surface area contributed by atoms with Gasteiger partial charge in [-0.3, -0.25) is 9.67 Å². The van der Waals surface area contributed by atoms with Gasteiger partial charge in [0.25, 0.3) is 0 Å². The number of carbonyl (C=O) groups is 1. The van der Waals surface area contributed by atoms with E-state index < -0.39 is 5.97 Å². The molecule has 6 nitrogen and oxygen atoms in total. The van der Waals surface area contributed by atoms with Crippen molar-refractivity contribution in [1.29, 1.82) is 5.26 Å². The maximum absolute atomic E-state index is 11.1. The van der Waals surface area contributed by atoms with Gasteiger partial charge in [0.15, 0.2) is 5.69 Å². The first kappa shape index (κ1) is 17.6. The Labute approximate surface area is 151 Å². The van der Waals surface area contributed by atoms with Gasteiger partial charge in [0.2, 0.25) is 0 Å². The second kappa shape index (κ2) is 7.36. The average Bonchev–Trinajstić information content (AvgIpc) is 3.43. The SMILES string of the molecule is CC.N#Cc1nn(Cc2ccc3ncc(C4CC4)cc3c2)cc1C(=O)O. The fraction of sp³-hybridized carbons (Fsp3) is 0.300. The second-order valence-corrected chi connectivity index (χ2v) is 6.08. The van der Waals surface area contributed by atoms with Crippen molar-refractivity contribution in [2.24, 2.45) is 0 Å². The Hall–Kier alpha value is -3.20. The number of nitrogens with zero attached hydrogens (tertiary/aromatic N) is 4. The monoisotopic (exact) mass is 348 g/mol. The molecule has 0 radical (unpaired) electrons. The summed E-state index contributed by atoms with van der Waals surface area (Å²) in [6.45, 7) is 4.41. The van der Waals surface area contributed by atoms with E-state index in [2.05, 4.69) is 16.1 Å². The molecule has 1 aromatic carbocycles. The maximum atomic E-state index is 11.1. The fourth-order valence-corrected chi connectivity index (χ4v) is 2.86. The van der Waals surface area contributed by atoms with Gasteiger partial charge >= 0.3 is 5.97 Å². The molecule has 0 unspecified atom stereocenters. The molecule has 3 aromatic rings. The van der Waals surface area contributed by atoms with E-state index in [4.69, 9.17) is 10.4 Å². The molecule has 1 fully saturated rings. The second-order valence-electron chi connectivity index (χ2n) is 6.08. The molecule has 2 heterocycles. The van der Waals surface area contributed by atoms with Gasteiger partial charge < -0.3 is 5.11 Å². The summed E-state index contributed by atoms with van der Waals surface area (Å²) >= 11 is 0. The summed E-state index contributed by atoms with van der Waals surface area (Å²) in [6, 6.07) is 9.93. The number of carboxylic acid groups (broad SMARTS) is 1. The summed E-state index contributed by atoms with van der Waals surface area (Å²) in [4.78, 5) is 15.6. The minimum atomic E-state index is -1.14. The van der Waals surface area contributed by atoms with Gasteiger partial charge in [-0.15, -0.1) is 0 Å². The highest BCUT2D eigenvalue weighted by atomic mass is 16.4. The van der Waals surface area contributed by atoms with Gasteiger partial charge in [-0.05, 0) is 48.1 Å². The number of nitriles is 1. The van der Waals surface area contributed by atoms with Crippen LogP contribution in [0, 0.1) is 11.3 Å². The van der Waals surface area contributed by atoms with E-state index in [0.29, 0.717) is 12.5 Å². The van der Waals surface area contributed by atoms with Crippen molar-refractivity contribution in [1.82, 2.24) is 14.8 Å². The summed E-state index contributed by atoms with van der Waals surface area (Å²) in [5.74, 6) is -0.498. The zero-order valence-corrected chi connectivity index (χ0v) is 14.8. The van der Waals surface area contributed by atoms with Gasteiger partial charge in [0.1, 0.15) is 11.6 Å². The molecule has 1 saturated carbocycles. The Kier molecular flexibility index (Phi) is 4.99. The first-order valence-corrected chi connectivity index (χ1v) is 8.73. The Balaban J connectivity index is 0.000000948. The molecule has 1 N–H and O–H groups in total. The molecule has 0 amide bonds. The lowest BCUT2D eigenvalue weighted by molar-refractivity contribution is 0.0696. The fourth-order valence-electron chi connectivity index (χ4n) is 2.86. The quantitative estimate of drug-likeness (QED) is 0.770. The van der Waals surface area contributed by atoms with Gasteiger partial charge in [-0.25, -0.2) is 4.79 Å². The van der Waals surface area contributed by atoms with E-state index >= 15 is 0 Å². The van der Waals surface area contributed by atoms with Crippen molar-refractivity contribution in [2.45, 2.75) is 39.2 Å². The molecular formula is C20H20N4O2. The third-order valence-electron chi connectivity index (χ3n) is 4.26. The predicted molar refractivity (Wildman–Crippen MR) is 98.1 cm³/mol. The molecule has 1 aliphatic rings. The molecule has 0 aliphatic heterocycles. The molecule has 0 bridgehead atoms. The number of pyridine rings is 1. The van der Waals surface area contributed by atoms with Crippen molar-refractivity contribution < 1.29 is 9.90 Å². The molecular weight excluding hydrogens is 328 g/mol. The largest absolute Gasteiger partial charge is 0.478 e. The van der Waals surface area contributed by atoms with Crippen LogP contribution >= 0.6 is 0 Å². The van der Waals surface area contributed by atoms with Crippen LogP contribution in [0.3, 0.4) is 0 Å². The van der Waals surface area contributed by atoms with Gasteiger partial charge in [-0.2, -0.15) is 10.4 Å². The van der Waals surface area contributed by atoms with Crippen LogP contribution in [0.25, 0.3) is 10.9 Å². The molecule has 0 atom stereocenters. The molecule has 26 heavy (non-hydrogen) atoms. The Morgan fingerprint density at radius 1 is 1.35 bits per heavy atom. The van der Waals surface area contributed by atoms with Crippen LogP contribution in [0.1, 0.15) is 59.8 Å². The van der Waals surface area contributed by atoms with Crippen molar-refractivity contribution in [3.63, 3.8) is 0 Å². The van der Waals surface area contributed by atoms with Crippen molar-refractivity contribution in [2.75, 3.05) is 0 Å². The summed E-state index contributed by atoms with van der Waals surface area (Å²) in [5, 5.41) is 23.2. The van der Waals surface area contributed by atoms with Crippen molar-refractivity contribution >= 4 is 16.9 Å². The van der Waals surface area contributed by atoms with Gasteiger partial charge in [0.05, 0.1) is 12.1 Å². The summed E-state index contributed by atoms with van der Waals surface area (Å²) in [6.07, 6.45) is 5.81.